The minimum Gasteiger partial charge on any atom is -0.496 e. The highest BCUT2D eigenvalue weighted by Crippen LogP contribution is 2.53. The minimum absolute atomic E-state index is 0.757. The van der Waals surface area contributed by atoms with E-state index in [1.165, 1.54) is 39.0 Å². The number of hydrogen-bond donors (Lipinski definition) is 2. The molecule has 9 aromatic heterocycles. The van der Waals surface area contributed by atoms with Crippen molar-refractivity contribution < 1.29 is 18.9 Å². The molecule has 102 heavy (non-hydrogen) atoms. The van der Waals surface area contributed by atoms with Crippen LogP contribution in [0.15, 0.2) is 240 Å². The number of aromatic nitrogens is 4. The summed E-state index contributed by atoms with van der Waals surface area (Å²) in [6.45, 7) is 0. The molecule has 0 radical (unpaired) electrons. The highest BCUT2D eigenvalue weighted by atomic mass is 32.1. The number of thiophene rings is 6. The van der Waals surface area contributed by atoms with Crippen molar-refractivity contribution in [1.29, 1.82) is 0 Å². The standard InChI is InChI=1S/C88H58N4O4S6/c1-93-69-37-23-49-13-5-7-15-55(49)83(69)85-57-27-21-53(45-51(57)25-39-71(85)95-3)79-61-29-33-65(89-61)81(59-47-77(73-17-9-41-97-73)101-87(59)75-19-11-43-99-75)67-35-31-63(91-67)80(54-22-28-58-52(46-54)26-40-72(96-4)86(58)84-56-16-8-6-14-50(56)24-38-70(84)94-2)64-32-36-68(92-64)82(66-34-30-62(79)90-66)60-48-78(74-18-10-42-98-74)102-88(60)76-20-12-44-100-76/h5-48,89,92H,1-4H3. The summed E-state index contributed by atoms with van der Waals surface area (Å²) in [7, 11) is 6.97. The predicted molar refractivity (Wildman–Crippen MR) is 437 cm³/mol. The molecule has 17 aromatic rings. The normalized spacial score (nSPS) is 12.0. The summed E-state index contributed by atoms with van der Waals surface area (Å²) >= 11 is 10.7. The summed E-state index contributed by atoms with van der Waals surface area (Å²) in [6, 6.07) is 78.6. The number of H-pyrrole nitrogens is 2. The summed E-state index contributed by atoms with van der Waals surface area (Å²) in [4.78, 5) is 29.6. The second-order valence-electron chi connectivity index (χ2n) is 25.0. The van der Waals surface area contributed by atoms with Gasteiger partial charge < -0.3 is 28.9 Å². The van der Waals surface area contributed by atoms with Crippen molar-refractivity contribution in [3.8, 4) is 129 Å². The molecule has 490 valence electrons. The van der Waals surface area contributed by atoms with E-state index in [1.807, 2.05) is 22.7 Å². The molecule has 0 atom stereocenters. The average molecular weight is 1430 g/mol. The molecule has 8 nitrogen and oxygen atoms in total. The van der Waals surface area contributed by atoms with Gasteiger partial charge in [-0.15, -0.1) is 68.0 Å². The second kappa shape index (κ2) is 25.5. The quantitative estimate of drug-likeness (QED) is 0.113. The van der Waals surface area contributed by atoms with E-state index in [-0.39, 0.29) is 0 Å². The first-order valence-corrected chi connectivity index (χ1v) is 38.5. The van der Waals surface area contributed by atoms with Gasteiger partial charge in [0.15, 0.2) is 0 Å². The van der Waals surface area contributed by atoms with E-state index in [0.29, 0.717) is 0 Å². The van der Waals surface area contributed by atoms with E-state index in [2.05, 4.69) is 274 Å². The molecule has 2 aliphatic heterocycles. The lowest BCUT2D eigenvalue weighted by Gasteiger charge is -2.18. The van der Waals surface area contributed by atoms with Crippen LogP contribution in [0.25, 0.3) is 195 Å². The van der Waals surface area contributed by atoms with Crippen molar-refractivity contribution in [3.63, 3.8) is 0 Å². The lowest BCUT2D eigenvalue weighted by atomic mass is 9.90. The fourth-order valence-corrected chi connectivity index (χ4v) is 20.7. The van der Waals surface area contributed by atoms with Crippen molar-refractivity contribution in [2.75, 3.05) is 28.4 Å². The Morgan fingerprint density at radius 3 is 0.971 bits per heavy atom. The number of fused-ring (bicyclic) bond motifs is 12. The minimum atomic E-state index is 0.757. The molecular formula is C88H58N4O4S6. The number of methoxy groups -OCH3 is 4. The van der Waals surface area contributed by atoms with Crippen molar-refractivity contribution >= 4 is 157 Å². The first-order chi connectivity index (χ1) is 50.4. The monoisotopic (exact) mass is 1430 g/mol. The smallest absolute Gasteiger partial charge is 0.127 e. The van der Waals surface area contributed by atoms with Crippen LogP contribution in [-0.2, 0) is 0 Å². The third kappa shape index (κ3) is 10.4. The Balaban J connectivity index is 0.925. The maximum Gasteiger partial charge on any atom is 0.127 e. The van der Waals surface area contributed by atoms with Crippen LogP contribution in [0.3, 0.4) is 0 Å². The average Bonchev–Trinajstić information content (AvgIpc) is 1.05. The number of rotatable bonds is 14. The summed E-state index contributed by atoms with van der Waals surface area (Å²) in [5.41, 5.74) is 18.8. The highest BCUT2D eigenvalue weighted by molar-refractivity contribution is 7.27. The van der Waals surface area contributed by atoms with Gasteiger partial charge >= 0.3 is 0 Å². The van der Waals surface area contributed by atoms with Crippen molar-refractivity contribution in [1.82, 2.24) is 19.9 Å². The zero-order valence-electron chi connectivity index (χ0n) is 55.4. The number of aromatic amines is 2. The van der Waals surface area contributed by atoms with E-state index in [4.69, 9.17) is 28.9 Å². The van der Waals surface area contributed by atoms with Gasteiger partial charge in [-0.1, -0.05) is 121 Å². The maximum atomic E-state index is 6.27. The molecule has 8 bridgehead atoms. The van der Waals surface area contributed by atoms with E-state index in [0.717, 1.165) is 178 Å². The van der Waals surface area contributed by atoms with Crippen LogP contribution in [0.2, 0.25) is 0 Å². The Morgan fingerprint density at radius 1 is 0.275 bits per heavy atom. The van der Waals surface area contributed by atoms with Crippen LogP contribution in [0.5, 0.6) is 23.0 Å². The predicted octanol–water partition coefficient (Wildman–Crippen LogP) is 26.3. The van der Waals surface area contributed by atoms with Gasteiger partial charge in [-0.05, 0) is 197 Å². The molecule has 0 saturated heterocycles. The zero-order valence-corrected chi connectivity index (χ0v) is 60.3. The Labute approximate surface area is 611 Å². The van der Waals surface area contributed by atoms with Crippen LogP contribution < -0.4 is 18.9 Å². The molecule has 0 amide bonds. The van der Waals surface area contributed by atoms with Crippen molar-refractivity contribution in [2.24, 2.45) is 0 Å². The zero-order chi connectivity index (χ0) is 68.1. The van der Waals surface area contributed by atoms with Crippen LogP contribution in [0, 0.1) is 0 Å². The third-order valence-corrected chi connectivity index (χ3v) is 26.0. The number of hydrogen-bond acceptors (Lipinski definition) is 12. The molecule has 14 heteroatoms. The largest absolute Gasteiger partial charge is 0.496 e. The van der Waals surface area contributed by atoms with Gasteiger partial charge in [0.25, 0.3) is 0 Å². The lowest BCUT2D eigenvalue weighted by Crippen LogP contribution is -1.95. The number of ether oxygens (including phenoxy) is 4. The molecule has 0 fully saturated rings. The second-order valence-corrected chi connectivity index (χ2v) is 30.9. The lowest BCUT2D eigenvalue weighted by molar-refractivity contribution is 0.411. The van der Waals surface area contributed by atoms with Crippen LogP contribution >= 0.6 is 68.0 Å². The number of benzene rings is 8. The van der Waals surface area contributed by atoms with Crippen LogP contribution in [0.4, 0.5) is 0 Å². The molecule has 8 aromatic carbocycles. The van der Waals surface area contributed by atoms with Gasteiger partial charge in [0.1, 0.15) is 23.0 Å². The van der Waals surface area contributed by atoms with Gasteiger partial charge in [-0.3, -0.25) is 0 Å². The van der Waals surface area contributed by atoms with Crippen molar-refractivity contribution in [2.45, 2.75) is 0 Å². The summed E-state index contributed by atoms with van der Waals surface area (Å²) in [5, 5.41) is 17.2. The maximum absolute atomic E-state index is 6.27. The molecule has 0 saturated carbocycles. The fraction of sp³-hybridized carbons (Fsp3) is 0.0455. The molecule has 0 aliphatic carbocycles. The van der Waals surface area contributed by atoms with Crippen molar-refractivity contribution in [3.05, 3.63) is 263 Å². The third-order valence-electron chi connectivity index (χ3n) is 19.5. The van der Waals surface area contributed by atoms with Gasteiger partial charge in [0.05, 0.1) is 61.0 Å². The Bertz CT molecular complexity index is 6050. The molecule has 2 N–H and O–H groups in total. The van der Waals surface area contributed by atoms with Gasteiger partial charge in [0.2, 0.25) is 0 Å². The summed E-state index contributed by atoms with van der Waals surface area (Å²) < 4.78 is 24.9. The van der Waals surface area contributed by atoms with E-state index < -0.39 is 0 Å². The summed E-state index contributed by atoms with van der Waals surface area (Å²) in [6.07, 6.45) is 8.83. The van der Waals surface area contributed by atoms with Crippen LogP contribution in [0.1, 0.15) is 22.8 Å². The van der Waals surface area contributed by atoms with Gasteiger partial charge in [-0.25, -0.2) is 9.97 Å². The van der Waals surface area contributed by atoms with Crippen LogP contribution in [-0.4, -0.2) is 48.4 Å². The topological polar surface area (TPSA) is 94.3 Å². The Hall–Kier alpha value is -11.2. The van der Waals surface area contributed by atoms with E-state index >= 15 is 0 Å². The molecule has 11 heterocycles. The Morgan fingerprint density at radius 2 is 0.608 bits per heavy atom. The Kier molecular flexibility index (Phi) is 15.4. The van der Waals surface area contributed by atoms with E-state index in [1.54, 1.807) is 73.8 Å². The van der Waals surface area contributed by atoms with Gasteiger partial charge in [-0.2, -0.15) is 0 Å². The SMILES string of the molecule is COc1ccc2ccccc2c1-c1c(OC)ccc2cc(-c3c4nc(c(-c5cc(-c6cccs6)sc5-c5cccs5)c5ccc([nH]5)c(-c5ccc6c(-c7c(OC)ccc8ccccc78)c(OC)ccc6c5)c5nc(c(-c6cc(-c7cccs7)sc6-c6cccs6)c6ccc3[nH]6)C=C5)C=C4)ccc12. The molecular weight excluding hydrogens is 1370 g/mol. The number of nitrogens with one attached hydrogen (secondary N) is 2. The molecule has 0 spiro atoms. The number of nitrogens with zero attached hydrogens (tertiary/aromatic N) is 2. The van der Waals surface area contributed by atoms with Gasteiger partial charge in [0, 0.05) is 107 Å². The summed E-state index contributed by atoms with van der Waals surface area (Å²) in [5.74, 6) is 3.05. The molecule has 0 unspecified atom stereocenters. The first-order valence-electron chi connectivity index (χ1n) is 33.3. The fourth-order valence-electron chi connectivity index (χ4n) is 14.9. The highest BCUT2D eigenvalue weighted by Gasteiger charge is 2.28. The molecule has 2 aliphatic rings. The van der Waals surface area contributed by atoms with E-state index in [9.17, 15) is 0 Å². The first kappa shape index (κ1) is 61.9. The molecule has 19 rings (SSSR count).